The van der Waals surface area contributed by atoms with Crippen molar-refractivity contribution in [3.63, 3.8) is 0 Å². The molecule has 0 N–H and O–H groups in total. The predicted octanol–water partition coefficient (Wildman–Crippen LogP) is 7.51. The van der Waals surface area contributed by atoms with E-state index < -0.39 is 18.4 Å². The van der Waals surface area contributed by atoms with Gasteiger partial charge in [-0.3, -0.25) is 0 Å². The summed E-state index contributed by atoms with van der Waals surface area (Å²) >= 11 is -2.34. The molecule has 1 fully saturated rings. The van der Waals surface area contributed by atoms with Crippen LogP contribution in [0, 0.1) is 15.7 Å². The molecule has 2 atom stereocenters. The summed E-state index contributed by atoms with van der Waals surface area (Å²) in [5, 5.41) is 0. The van der Waals surface area contributed by atoms with Crippen LogP contribution in [0.2, 0.25) is 13.3 Å². The third-order valence-corrected chi connectivity index (χ3v) is 19.5. The Labute approximate surface area is 199 Å². The molecular formula is C27H43FO3Sn. The van der Waals surface area contributed by atoms with Gasteiger partial charge in [-0.05, 0) is 12.1 Å². The fourth-order valence-corrected chi connectivity index (χ4v) is 17.7. The van der Waals surface area contributed by atoms with Gasteiger partial charge in [-0.25, -0.2) is 4.39 Å². The minimum absolute atomic E-state index is 0.0251. The topological polar surface area (TPSA) is 27.7 Å². The maximum atomic E-state index is 13.0. The Morgan fingerprint density at radius 2 is 1.59 bits per heavy atom. The summed E-state index contributed by atoms with van der Waals surface area (Å²) in [5.41, 5.74) is 0. The van der Waals surface area contributed by atoms with Crippen LogP contribution in [0.5, 0.6) is 5.75 Å². The first kappa shape index (κ1) is 27.5. The van der Waals surface area contributed by atoms with Crippen molar-refractivity contribution in [3.05, 3.63) is 30.1 Å². The van der Waals surface area contributed by atoms with Crippen LogP contribution < -0.4 is 4.74 Å². The molecule has 0 radical (unpaired) electrons. The van der Waals surface area contributed by atoms with Crippen LogP contribution in [0.15, 0.2) is 24.3 Å². The molecule has 1 saturated heterocycles. The molecule has 0 aromatic heterocycles. The third kappa shape index (κ3) is 10.4. The average molecular weight is 553 g/mol. The van der Waals surface area contributed by atoms with Gasteiger partial charge in [0.15, 0.2) is 0 Å². The number of unbranched alkanes of at least 4 members (excludes halogenated alkanes) is 3. The Kier molecular flexibility index (Phi) is 13.7. The van der Waals surface area contributed by atoms with Gasteiger partial charge in [0.05, 0.1) is 0 Å². The van der Waals surface area contributed by atoms with E-state index in [1.165, 1.54) is 64.0 Å². The predicted molar refractivity (Wildman–Crippen MR) is 133 cm³/mol. The van der Waals surface area contributed by atoms with Gasteiger partial charge in [0.1, 0.15) is 5.82 Å². The number of halogens is 1. The molecule has 1 aromatic rings. The van der Waals surface area contributed by atoms with Gasteiger partial charge in [0, 0.05) is 0 Å². The molecule has 1 aliphatic heterocycles. The van der Waals surface area contributed by atoms with Crippen molar-refractivity contribution in [2.45, 2.75) is 104 Å². The standard InChI is InChI=1S/C15H16FO3.3C4H9.Sn/c1-2-3-10-17-15-9-8-14(19-15)11-18-13-6-4-12(16)5-7-13;3*1-3-4-2;/h4-7,14-15H,3,8-11H2;3*1,3-4H2,2H3;/t14-,15+;;;;/m0..../s1. The number of benzene rings is 1. The van der Waals surface area contributed by atoms with Gasteiger partial charge in [0.2, 0.25) is 0 Å². The van der Waals surface area contributed by atoms with E-state index in [1.807, 2.05) is 0 Å². The fraction of sp³-hybridized carbons (Fsp3) is 0.704. The zero-order valence-corrected chi connectivity index (χ0v) is 23.3. The number of ether oxygens (including phenoxy) is 3. The summed E-state index contributed by atoms with van der Waals surface area (Å²) in [5.74, 6) is 3.96. The molecule has 1 aromatic carbocycles. The van der Waals surface area contributed by atoms with Crippen molar-refractivity contribution >= 4 is 18.4 Å². The fourth-order valence-electron chi connectivity index (χ4n) is 4.24. The van der Waals surface area contributed by atoms with Crippen molar-refractivity contribution < 1.29 is 18.6 Å². The van der Waals surface area contributed by atoms with Gasteiger partial charge in [-0.15, -0.1) is 0 Å². The van der Waals surface area contributed by atoms with Gasteiger partial charge in [-0.1, -0.05) is 0 Å². The molecule has 5 heteroatoms. The number of rotatable bonds is 15. The van der Waals surface area contributed by atoms with Crippen LogP contribution in [-0.4, -0.2) is 44.0 Å². The summed E-state index contributed by atoms with van der Waals surface area (Å²) in [6.07, 6.45) is 10.4. The van der Waals surface area contributed by atoms with Gasteiger partial charge >= 0.3 is 178 Å². The van der Waals surface area contributed by atoms with E-state index in [2.05, 4.69) is 30.6 Å². The Morgan fingerprint density at radius 3 is 2.19 bits per heavy atom. The van der Waals surface area contributed by atoms with E-state index in [4.69, 9.17) is 14.2 Å². The first-order valence-corrected chi connectivity index (χ1v) is 20.2. The first-order valence-electron chi connectivity index (χ1n) is 12.8. The van der Waals surface area contributed by atoms with E-state index in [0.717, 1.165) is 19.3 Å². The molecule has 180 valence electrons. The summed E-state index contributed by atoms with van der Waals surface area (Å²) in [4.78, 5) is 0. The molecule has 2 rings (SSSR count). The third-order valence-electron chi connectivity index (χ3n) is 6.23. The Morgan fingerprint density at radius 1 is 0.969 bits per heavy atom. The Balaban J connectivity index is 1.74. The second-order valence-electron chi connectivity index (χ2n) is 9.04. The first-order chi connectivity index (χ1) is 15.6. The summed E-state index contributed by atoms with van der Waals surface area (Å²) in [7, 11) is 0. The molecule has 0 amide bonds. The molecule has 0 bridgehead atoms. The molecule has 1 heterocycles. The molecule has 0 aliphatic carbocycles. The average Bonchev–Trinajstić information content (AvgIpc) is 3.27. The molecular weight excluding hydrogens is 510 g/mol. The monoisotopic (exact) mass is 554 g/mol. The van der Waals surface area contributed by atoms with Gasteiger partial charge in [-0.2, -0.15) is 0 Å². The summed E-state index contributed by atoms with van der Waals surface area (Å²) < 4.78 is 38.8. The van der Waals surface area contributed by atoms with E-state index in [0.29, 0.717) is 19.0 Å². The van der Waals surface area contributed by atoms with Crippen molar-refractivity contribution in [1.29, 1.82) is 0 Å². The molecule has 0 spiro atoms. The zero-order chi connectivity index (χ0) is 23.1. The van der Waals surface area contributed by atoms with Crippen molar-refractivity contribution in [2.75, 3.05) is 13.2 Å². The Hall–Kier alpha value is -0.771. The quantitative estimate of drug-likeness (QED) is 0.128. The van der Waals surface area contributed by atoms with E-state index in [-0.39, 0.29) is 18.2 Å². The zero-order valence-electron chi connectivity index (χ0n) is 20.5. The summed E-state index contributed by atoms with van der Waals surface area (Å²) in [6.45, 7) is 8.01. The van der Waals surface area contributed by atoms with Crippen molar-refractivity contribution in [1.82, 2.24) is 0 Å². The van der Waals surface area contributed by atoms with Crippen LogP contribution in [0.3, 0.4) is 0 Å². The molecule has 3 nitrogen and oxygen atoms in total. The normalized spacial score (nSPS) is 18.4. The van der Waals surface area contributed by atoms with Crippen LogP contribution in [-0.2, 0) is 9.47 Å². The molecule has 0 saturated carbocycles. The maximum absolute atomic E-state index is 13.0. The minimum atomic E-state index is -2.34. The second-order valence-corrected chi connectivity index (χ2v) is 21.3. The van der Waals surface area contributed by atoms with E-state index in [9.17, 15) is 4.39 Å². The second kappa shape index (κ2) is 16.0. The molecule has 1 aliphatic rings. The van der Waals surface area contributed by atoms with Crippen LogP contribution >= 0.6 is 0 Å². The number of hydrogen-bond acceptors (Lipinski definition) is 3. The van der Waals surface area contributed by atoms with Gasteiger partial charge in [0.25, 0.3) is 0 Å². The van der Waals surface area contributed by atoms with Gasteiger partial charge < -0.3 is 0 Å². The summed E-state index contributed by atoms with van der Waals surface area (Å²) in [6, 6.07) is 6.10. The van der Waals surface area contributed by atoms with E-state index in [1.54, 1.807) is 12.1 Å². The van der Waals surface area contributed by atoms with Crippen LogP contribution in [0.25, 0.3) is 0 Å². The van der Waals surface area contributed by atoms with Crippen molar-refractivity contribution in [2.24, 2.45) is 0 Å². The number of hydrogen-bond donors (Lipinski definition) is 0. The van der Waals surface area contributed by atoms with Crippen LogP contribution in [0.1, 0.15) is 78.6 Å². The Bertz CT molecular complexity index is 661. The molecule has 32 heavy (non-hydrogen) atoms. The molecule has 0 unspecified atom stereocenters. The van der Waals surface area contributed by atoms with Crippen LogP contribution in [0.4, 0.5) is 4.39 Å². The van der Waals surface area contributed by atoms with Crippen molar-refractivity contribution in [3.8, 4) is 15.6 Å². The van der Waals surface area contributed by atoms with E-state index >= 15 is 0 Å². The SMILES string of the molecule is CCC[CH2][Sn]([C]#CCCO[C@H]1CC[C@@H](COc2ccc(F)cc2)O1)([CH2]CCC)[CH2]CCC.